The molecule has 0 saturated carbocycles. The Hall–Kier alpha value is -1.49. The Balaban J connectivity index is 3.16. The number of anilines is 1. The van der Waals surface area contributed by atoms with Crippen molar-refractivity contribution in [3.63, 3.8) is 0 Å². The first-order valence-corrected chi connectivity index (χ1v) is 3.83. The Labute approximate surface area is 73.0 Å². The molecule has 0 amide bonds. The third-order valence-electron chi connectivity index (χ3n) is 1.86. The average molecular weight is 160 g/mol. The Kier molecular flexibility index (Phi) is 2.35. The van der Waals surface area contributed by atoms with Crippen molar-refractivity contribution in [3.05, 3.63) is 29.3 Å². The first kappa shape index (κ1) is 8.61. The summed E-state index contributed by atoms with van der Waals surface area (Å²) < 4.78 is 0. The molecule has 0 aliphatic rings. The van der Waals surface area contributed by atoms with E-state index in [4.69, 9.17) is 5.26 Å². The van der Waals surface area contributed by atoms with E-state index in [1.807, 2.05) is 44.1 Å². The van der Waals surface area contributed by atoms with Crippen LogP contribution in [0.25, 0.3) is 0 Å². The molecule has 0 radical (unpaired) electrons. The van der Waals surface area contributed by atoms with E-state index in [-0.39, 0.29) is 0 Å². The molecule has 1 aromatic rings. The minimum absolute atomic E-state index is 0.751. The van der Waals surface area contributed by atoms with E-state index >= 15 is 0 Å². The molecule has 0 aromatic heterocycles. The van der Waals surface area contributed by atoms with E-state index in [0.717, 1.165) is 16.8 Å². The Morgan fingerprint density at radius 1 is 1.33 bits per heavy atom. The first-order chi connectivity index (χ1) is 5.65. The van der Waals surface area contributed by atoms with E-state index < -0.39 is 0 Å². The molecule has 0 saturated heterocycles. The van der Waals surface area contributed by atoms with Gasteiger partial charge in [0.1, 0.15) is 0 Å². The van der Waals surface area contributed by atoms with Crippen molar-refractivity contribution in [1.82, 2.24) is 0 Å². The van der Waals surface area contributed by atoms with Crippen molar-refractivity contribution < 1.29 is 0 Å². The number of nitriles is 1. The summed E-state index contributed by atoms with van der Waals surface area (Å²) >= 11 is 0. The van der Waals surface area contributed by atoms with Crippen LogP contribution in [0.5, 0.6) is 0 Å². The predicted molar refractivity (Wildman–Crippen MR) is 50.2 cm³/mol. The molecule has 0 N–H and O–H groups in total. The fourth-order valence-corrected chi connectivity index (χ4v) is 1.01. The topological polar surface area (TPSA) is 27.0 Å². The Morgan fingerprint density at radius 2 is 2.00 bits per heavy atom. The summed E-state index contributed by atoms with van der Waals surface area (Å²) in [6.45, 7) is 1.94. The lowest BCUT2D eigenvalue weighted by atomic mass is 10.1. The first-order valence-electron chi connectivity index (χ1n) is 3.83. The molecule has 0 aliphatic heterocycles. The number of hydrogen-bond acceptors (Lipinski definition) is 2. The number of aryl methyl sites for hydroxylation is 1. The highest BCUT2D eigenvalue weighted by Crippen LogP contribution is 2.16. The molecule has 2 nitrogen and oxygen atoms in total. The van der Waals surface area contributed by atoms with Gasteiger partial charge in [0.05, 0.1) is 11.6 Å². The van der Waals surface area contributed by atoms with Crippen molar-refractivity contribution in [2.24, 2.45) is 0 Å². The van der Waals surface area contributed by atoms with Crippen LogP contribution >= 0.6 is 0 Å². The quantitative estimate of drug-likeness (QED) is 0.627. The molecular weight excluding hydrogens is 148 g/mol. The number of benzene rings is 1. The van der Waals surface area contributed by atoms with Crippen LogP contribution in [0.4, 0.5) is 5.69 Å². The van der Waals surface area contributed by atoms with Crippen LogP contribution < -0.4 is 4.90 Å². The van der Waals surface area contributed by atoms with Gasteiger partial charge in [0.2, 0.25) is 0 Å². The smallest absolute Gasteiger partial charge is 0.0995 e. The van der Waals surface area contributed by atoms with Crippen LogP contribution in [-0.2, 0) is 0 Å². The zero-order valence-corrected chi connectivity index (χ0v) is 7.63. The van der Waals surface area contributed by atoms with Gasteiger partial charge in [0, 0.05) is 19.8 Å². The summed E-state index contributed by atoms with van der Waals surface area (Å²) in [6.07, 6.45) is 0. The summed E-state index contributed by atoms with van der Waals surface area (Å²) in [4.78, 5) is 1.99. The maximum Gasteiger partial charge on any atom is 0.0995 e. The normalized spacial score (nSPS) is 9.17. The fraction of sp³-hybridized carbons (Fsp3) is 0.300. The average Bonchev–Trinajstić information content (AvgIpc) is 2.05. The van der Waals surface area contributed by atoms with Gasteiger partial charge in [0.15, 0.2) is 0 Å². The molecule has 0 spiro atoms. The highest BCUT2D eigenvalue weighted by Gasteiger charge is 1.99. The van der Waals surface area contributed by atoms with Gasteiger partial charge >= 0.3 is 0 Å². The van der Waals surface area contributed by atoms with Crippen molar-refractivity contribution in [1.29, 1.82) is 5.26 Å². The maximum atomic E-state index is 8.76. The second-order valence-corrected chi connectivity index (χ2v) is 3.01. The molecule has 12 heavy (non-hydrogen) atoms. The molecule has 1 aromatic carbocycles. The Bertz CT molecular complexity index is 321. The third kappa shape index (κ3) is 1.57. The number of nitrogens with zero attached hydrogens (tertiary/aromatic N) is 2. The van der Waals surface area contributed by atoms with Crippen LogP contribution in [0, 0.1) is 18.3 Å². The summed E-state index contributed by atoms with van der Waals surface area (Å²) in [6, 6.07) is 8.04. The van der Waals surface area contributed by atoms with Gasteiger partial charge in [0.25, 0.3) is 0 Å². The largest absolute Gasteiger partial charge is 0.378 e. The van der Waals surface area contributed by atoms with E-state index in [0.29, 0.717) is 0 Å². The van der Waals surface area contributed by atoms with Gasteiger partial charge in [-0.1, -0.05) is 6.07 Å². The Morgan fingerprint density at radius 3 is 2.50 bits per heavy atom. The lowest BCUT2D eigenvalue weighted by Gasteiger charge is -2.12. The van der Waals surface area contributed by atoms with E-state index in [9.17, 15) is 0 Å². The fourth-order valence-electron chi connectivity index (χ4n) is 1.01. The molecule has 0 bridgehead atoms. The van der Waals surface area contributed by atoms with Gasteiger partial charge < -0.3 is 4.90 Å². The van der Waals surface area contributed by atoms with E-state index in [2.05, 4.69) is 6.07 Å². The second kappa shape index (κ2) is 3.27. The monoisotopic (exact) mass is 160 g/mol. The molecular formula is C10H12N2. The van der Waals surface area contributed by atoms with Gasteiger partial charge in [-0.2, -0.15) is 5.26 Å². The number of rotatable bonds is 1. The predicted octanol–water partition coefficient (Wildman–Crippen LogP) is 1.93. The molecule has 0 atom stereocenters. The minimum Gasteiger partial charge on any atom is -0.378 e. The van der Waals surface area contributed by atoms with Crippen molar-refractivity contribution >= 4 is 5.69 Å². The summed E-state index contributed by atoms with van der Waals surface area (Å²) in [5.41, 5.74) is 2.85. The van der Waals surface area contributed by atoms with E-state index in [1.165, 1.54) is 0 Å². The molecule has 0 heterocycles. The molecule has 0 aliphatic carbocycles. The molecule has 0 unspecified atom stereocenters. The minimum atomic E-state index is 0.751. The van der Waals surface area contributed by atoms with Gasteiger partial charge in [-0.3, -0.25) is 0 Å². The zero-order valence-electron chi connectivity index (χ0n) is 7.63. The SMILES string of the molecule is Cc1ccc(N(C)C)cc1C#N. The molecule has 1 rings (SSSR count). The van der Waals surface area contributed by atoms with Gasteiger partial charge in [-0.25, -0.2) is 0 Å². The number of hydrogen-bond donors (Lipinski definition) is 0. The summed E-state index contributed by atoms with van der Waals surface area (Å²) in [5, 5.41) is 8.76. The standard InChI is InChI=1S/C10H12N2/c1-8-4-5-10(12(2)3)6-9(8)7-11/h4-6H,1-3H3. The summed E-state index contributed by atoms with van der Waals surface area (Å²) in [5.74, 6) is 0. The van der Waals surface area contributed by atoms with Crippen LogP contribution in [0.2, 0.25) is 0 Å². The molecule has 0 fully saturated rings. The molecule has 62 valence electrons. The maximum absolute atomic E-state index is 8.76. The van der Waals surface area contributed by atoms with E-state index in [1.54, 1.807) is 0 Å². The zero-order chi connectivity index (χ0) is 9.14. The lowest BCUT2D eigenvalue weighted by molar-refractivity contribution is 1.13. The van der Waals surface area contributed by atoms with Crippen LogP contribution in [0.1, 0.15) is 11.1 Å². The highest BCUT2D eigenvalue weighted by atomic mass is 15.1. The van der Waals surface area contributed by atoms with Crippen LogP contribution in [0.3, 0.4) is 0 Å². The van der Waals surface area contributed by atoms with Crippen molar-refractivity contribution in [2.75, 3.05) is 19.0 Å². The highest BCUT2D eigenvalue weighted by molar-refractivity contribution is 5.53. The van der Waals surface area contributed by atoms with Gasteiger partial charge in [-0.15, -0.1) is 0 Å². The second-order valence-electron chi connectivity index (χ2n) is 3.01. The van der Waals surface area contributed by atoms with Gasteiger partial charge in [-0.05, 0) is 24.6 Å². The molecule has 2 heteroatoms. The lowest BCUT2D eigenvalue weighted by Crippen LogP contribution is -2.08. The van der Waals surface area contributed by atoms with Crippen LogP contribution in [0.15, 0.2) is 18.2 Å². The van der Waals surface area contributed by atoms with Crippen molar-refractivity contribution in [3.8, 4) is 6.07 Å². The third-order valence-corrected chi connectivity index (χ3v) is 1.86. The van der Waals surface area contributed by atoms with Crippen molar-refractivity contribution in [2.45, 2.75) is 6.92 Å². The van der Waals surface area contributed by atoms with Crippen LogP contribution in [-0.4, -0.2) is 14.1 Å². The summed E-state index contributed by atoms with van der Waals surface area (Å²) in [7, 11) is 3.93.